The van der Waals surface area contributed by atoms with E-state index < -0.39 is 27.2 Å². The molecule has 2 rings (SSSR count). The minimum atomic E-state index is -4.04. The molecule has 1 aromatic heterocycles. The lowest BCUT2D eigenvalue weighted by molar-refractivity contribution is 0.569. The second-order valence-corrected chi connectivity index (χ2v) is 6.41. The van der Waals surface area contributed by atoms with Crippen molar-refractivity contribution < 1.29 is 12.8 Å². The zero-order valence-electron chi connectivity index (χ0n) is 9.45. The van der Waals surface area contributed by atoms with Gasteiger partial charge in [0.15, 0.2) is 0 Å². The number of hydrogen-bond donors (Lipinski definition) is 0. The predicted molar refractivity (Wildman–Crippen MR) is 70.6 cm³/mol. The van der Waals surface area contributed by atoms with E-state index in [4.69, 9.17) is 0 Å². The van der Waals surface area contributed by atoms with Crippen LogP contribution in [0.4, 0.5) is 4.39 Å². The number of benzene rings is 1. The molecule has 0 atom stereocenters. The Morgan fingerprint density at radius 3 is 2.68 bits per heavy atom. The summed E-state index contributed by atoms with van der Waals surface area (Å²) >= 11 is 3.08. The molecule has 0 unspecified atom stereocenters. The summed E-state index contributed by atoms with van der Waals surface area (Å²) in [6.45, 7) is 0. The van der Waals surface area contributed by atoms with Crippen molar-refractivity contribution in [2.45, 2.75) is 5.75 Å². The van der Waals surface area contributed by atoms with E-state index in [1.165, 1.54) is 24.4 Å². The van der Waals surface area contributed by atoms with Gasteiger partial charge in [0.2, 0.25) is 0 Å². The Morgan fingerprint density at radius 1 is 1.32 bits per heavy atom. The van der Waals surface area contributed by atoms with E-state index >= 15 is 0 Å². The van der Waals surface area contributed by atoms with Gasteiger partial charge in [0.05, 0.1) is 5.75 Å². The lowest BCUT2D eigenvalue weighted by atomic mass is 10.2. The molecule has 19 heavy (non-hydrogen) atoms. The number of nitrogens with zero attached hydrogens (tertiary/aromatic N) is 2. The average Bonchev–Trinajstić information content (AvgIpc) is 2.33. The SMILES string of the molecule is O=c1cccnn1S(=O)(=O)Cc1ccc(Br)cc1F. The molecule has 8 heteroatoms. The first-order chi connectivity index (χ1) is 8.90. The molecule has 0 aliphatic rings. The van der Waals surface area contributed by atoms with Crippen LogP contribution in [0.5, 0.6) is 0 Å². The van der Waals surface area contributed by atoms with Gasteiger partial charge in [0.1, 0.15) is 5.82 Å². The first-order valence-corrected chi connectivity index (χ1v) is 7.52. The number of rotatable bonds is 3. The molecule has 0 aliphatic carbocycles. The van der Waals surface area contributed by atoms with Gasteiger partial charge < -0.3 is 0 Å². The van der Waals surface area contributed by atoms with Crippen molar-refractivity contribution in [2.75, 3.05) is 0 Å². The van der Waals surface area contributed by atoms with Crippen molar-refractivity contribution in [2.24, 2.45) is 0 Å². The molecular weight excluding hydrogens is 339 g/mol. The van der Waals surface area contributed by atoms with Crippen molar-refractivity contribution in [3.8, 4) is 0 Å². The molecule has 1 aromatic carbocycles. The van der Waals surface area contributed by atoms with Crippen molar-refractivity contribution >= 4 is 26.0 Å². The Kier molecular flexibility index (Phi) is 3.81. The maximum absolute atomic E-state index is 13.6. The Bertz CT molecular complexity index is 774. The molecule has 0 aliphatic heterocycles. The lowest BCUT2D eigenvalue weighted by Crippen LogP contribution is -2.30. The number of halogens is 2. The molecule has 0 spiro atoms. The standard InChI is InChI=1S/C11H8BrFN2O3S/c12-9-4-3-8(10(13)6-9)7-19(17,18)15-11(16)2-1-5-14-15/h1-6H,7H2. The Labute approximate surface area is 116 Å². The third-order valence-corrected chi connectivity index (χ3v) is 4.27. The van der Waals surface area contributed by atoms with E-state index in [-0.39, 0.29) is 5.56 Å². The minimum absolute atomic E-state index is 0.0271. The Morgan fingerprint density at radius 2 is 2.05 bits per heavy atom. The fourth-order valence-corrected chi connectivity index (χ4v) is 3.07. The van der Waals surface area contributed by atoms with Crippen LogP contribution in [0.3, 0.4) is 0 Å². The fourth-order valence-electron chi connectivity index (χ4n) is 1.45. The van der Waals surface area contributed by atoms with E-state index in [9.17, 15) is 17.6 Å². The quantitative estimate of drug-likeness (QED) is 0.844. The second kappa shape index (κ2) is 5.22. The first kappa shape index (κ1) is 13.9. The zero-order valence-corrected chi connectivity index (χ0v) is 11.9. The van der Waals surface area contributed by atoms with Crippen molar-refractivity contribution in [3.63, 3.8) is 0 Å². The van der Waals surface area contributed by atoms with Crippen molar-refractivity contribution in [1.82, 2.24) is 9.19 Å². The molecule has 0 bridgehead atoms. The number of hydrogen-bond acceptors (Lipinski definition) is 4. The predicted octanol–water partition coefficient (Wildman–Crippen LogP) is 1.52. The van der Waals surface area contributed by atoms with E-state index in [0.29, 0.717) is 8.56 Å². The molecule has 0 amide bonds. The van der Waals surface area contributed by atoms with Crippen LogP contribution >= 0.6 is 15.9 Å². The molecule has 100 valence electrons. The summed E-state index contributed by atoms with van der Waals surface area (Å²) < 4.78 is 38.4. The van der Waals surface area contributed by atoms with Gasteiger partial charge in [-0.15, -0.1) is 4.09 Å². The van der Waals surface area contributed by atoms with E-state index in [2.05, 4.69) is 21.0 Å². The van der Waals surface area contributed by atoms with Crippen LogP contribution in [-0.2, 0) is 15.8 Å². The summed E-state index contributed by atoms with van der Waals surface area (Å²) in [5.41, 5.74) is -0.805. The average molecular weight is 347 g/mol. The number of aromatic nitrogens is 2. The van der Waals surface area contributed by atoms with Gasteiger partial charge in [-0.2, -0.15) is 5.10 Å². The van der Waals surface area contributed by atoms with Gasteiger partial charge in [-0.1, -0.05) is 22.0 Å². The normalized spacial score (nSPS) is 11.5. The molecule has 0 radical (unpaired) electrons. The molecule has 0 N–H and O–H groups in total. The van der Waals surface area contributed by atoms with Gasteiger partial charge in [-0.05, 0) is 18.2 Å². The van der Waals surface area contributed by atoms with Gasteiger partial charge >= 0.3 is 0 Å². The summed E-state index contributed by atoms with van der Waals surface area (Å²) in [5, 5.41) is 3.48. The highest BCUT2D eigenvalue weighted by Crippen LogP contribution is 2.17. The monoisotopic (exact) mass is 346 g/mol. The molecule has 0 saturated carbocycles. The van der Waals surface area contributed by atoms with Gasteiger partial charge in [-0.3, -0.25) is 4.79 Å². The summed E-state index contributed by atoms with van der Waals surface area (Å²) in [6.07, 6.45) is 1.18. The molecule has 2 aromatic rings. The fraction of sp³-hybridized carbons (Fsp3) is 0.0909. The Hall–Kier alpha value is -1.54. The van der Waals surface area contributed by atoms with E-state index in [1.54, 1.807) is 0 Å². The van der Waals surface area contributed by atoms with Gasteiger partial charge in [-0.25, -0.2) is 12.8 Å². The lowest BCUT2D eigenvalue weighted by Gasteiger charge is -2.06. The summed E-state index contributed by atoms with van der Waals surface area (Å²) in [6, 6.07) is 6.42. The van der Waals surface area contributed by atoms with Crippen molar-refractivity contribution in [3.05, 3.63) is 62.7 Å². The Balaban J connectivity index is 2.43. The van der Waals surface area contributed by atoms with Crippen LogP contribution in [0.25, 0.3) is 0 Å². The summed E-state index contributed by atoms with van der Waals surface area (Å²) in [7, 11) is -4.04. The zero-order chi connectivity index (χ0) is 14.0. The smallest absolute Gasteiger partial charge is 0.267 e. The largest absolute Gasteiger partial charge is 0.281 e. The highest BCUT2D eigenvalue weighted by atomic mass is 79.9. The maximum atomic E-state index is 13.6. The second-order valence-electron chi connectivity index (χ2n) is 3.70. The van der Waals surface area contributed by atoms with Crippen LogP contribution in [0, 0.1) is 5.82 Å². The topological polar surface area (TPSA) is 69.0 Å². The highest BCUT2D eigenvalue weighted by molar-refractivity contribution is 9.10. The minimum Gasteiger partial charge on any atom is -0.267 e. The first-order valence-electron chi connectivity index (χ1n) is 5.12. The van der Waals surface area contributed by atoms with Crippen LogP contribution < -0.4 is 5.56 Å². The van der Waals surface area contributed by atoms with E-state index in [0.717, 1.165) is 12.1 Å². The molecule has 0 fully saturated rings. The van der Waals surface area contributed by atoms with Crippen molar-refractivity contribution in [1.29, 1.82) is 0 Å². The maximum Gasteiger partial charge on any atom is 0.281 e. The summed E-state index contributed by atoms with van der Waals surface area (Å²) in [4.78, 5) is 11.4. The van der Waals surface area contributed by atoms with E-state index in [1.807, 2.05) is 0 Å². The molecule has 5 nitrogen and oxygen atoms in total. The molecule has 0 saturated heterocycles. The summed E-state index contributed by atoms with van der Waals surface area (Å²) in [5.74, 6) is -1.30. The van der Waals surface area contributed by atoms with Crippen LogP contribution in [0.2, 0.25) is 0 Å². The highest BCUT2D eigenvalue weighted by Gasteiger charge is 2.19. The third kappa shape index (κ3) is 3.07. The molecule has 1 heterocycles. The van der Waals surface area contributed by atoms with Gasteiger partial charge in [0, 0.05) is 22.3 Å². The third-order valence-electron chi connectivity index (χ3n) is 2.30. The molecular formula is C11H8BrFN2O3S. The van der Waals surface area contributed by atoms with Gasteiger partial charge in [0.25, 0.3) is 15.6 Å². The van der Waals surface area contributed by atoms with Crippen LogP contribution in [0.15, 0.2) is 45.8 Å². The van der Waals surface area contributed by atoms with Crippen LogP contribution in [-0.4, -0.2) is 17.6 Å². The van der Waals surface area contributed by atoms with Crippen LogP contribution in [0.1, 0.15) is 5.56 Å².